The van der Waals surface area contributed by atoms with Crippen LogP contribution in [0.3, 0.4) is 0 Å². The van der Waals surface area contributed by atoms with Gasteiger partial charge >= 0.3 is 12.2 Å². The highest BCUT2D eigenvalue weighted by Crippen LogP contribution is 2.23. The van der Waals surface area contributed by atoms with Gasteiger partial charge in [0.2, 0.25) is 0 Å². The summed E-state index contributed by atoms with van der Waals surface area (Å²) in [5.74, 6) is 0.383. The number of nitrogens with zero attached hydrogens (tertiary/aromatic N) is 2. The third-order valence-electron chi connectivity index (χ3n) is 3.46. The number of aliphatic hydroxyl groups is 1. The molecule has 1 aromatic heterocycles. The number of rotatable bonds is 6. The molecule has 1 atom stereocenters. The summed E-state index contributed by atoms with van der Waals surface area (Å²) in [6.45, 7) is 0.554. The zero-order chi connectivity index (χ0) is 20.0. The predicted octanol–water partition coefficient (Wildman–Crippen LogP) is 3.79. The zero-order valence-electron chi connectivity index (χ0n) is 14.2. The zero-order valence-corrected chi connectivity index (χ0v) is 14.2. The molecule has 0 aliphatic carbocycles. The molecule has 0 aliphatic rings. The third-order valence-corrected chi connectivity index (χ3v) is 3.46. The number of likely N-dealkylation sites (N-methyl/N-ethyl adjacent to an activating group) is 1. The summed E-state index contributed by atoms with van der Waals surface area (Å²) in [6, 6.07) is 7.35. The van der Waals surface area contributed by atoms with Crippen LogP contribution in [0.2, 0.25) is 0 Å². The van der Waals surface area contributed by atoms with Crippen molar-refractivity contribution in [2.24, 2.45) is 0 Å². The van der Waals surface area contributed by atoms with E-state index in [0.717, 1.165) is 4.90 Å². The van der Waals surface area contributed by atoms with Crippen LogP contribution in [-0.2, 0) is 0 Å². The van der Waals surface area contributed by atoms with Crippen molar-refractivity contribution >= 4 is 11.8 Å². The van der Waals surface area contributed by atoms with Gasteiger partial charge in [-0.3, -0.25) is 5.32 Å². The average molecular weight is 387 g/mol. The van der Waals surface area contributed by atoms with Gasteiger partial charge in [-0.25, -0.2) is 14.2 Å². The molecule has 27 heavy (non-hydrogen) atoms. The first-order valence-electron chi connectivity index (χ1n) is 7.89. The van der Waals surface area contributed by atoms with Gasteiger partial charge in [-0.2, -0.15) is 13.2 Å². The van der Waals surface area contributed by atoms with E-state index in [0.29, 0.717) is 11.5 Å². The van der Waals surface area contributed by atoms with Crippen LogP contribution in [0.5, 0.6) is 11.5 Å². The number of pyridine rings is 1. The highest BCUT2D eigenvalue weighted by Gasteiger charge is 2.39. The Labute approximate surface area is 152 Å². The molecule has 2 aromatic rings. The van der Waals surface area contributed by atoms with Gasteiger partial charge in [0.1, 0.15) is 23.1 Å². The van der Waals surface area contributed by atoms with Crippen LogP contribution in [-0.4, -0.2) is 46.4 Å². The number of halogens is 4. The lowest BCUT2D eigenvalue weighted by molar-refractivity contribution is -0.206. The number of carbonyl (C=O) groups is 1. The number of anilines is 1. The molecule has 2 N–H and O–H groups in total. The molecule has 0 aliphatic heterocycles. The van der Waals surface area contributed by atoms with Crippen LogP contribution in [0.1, 0.15) is 6.92 Å². The Kier molecular flexibility index (Phi) is 6.56. The Hall–Kier alpha value is -2.88. The lowest BCUT2D eigenvalue weighted by atomic mass is 10.3. The molecule has 0 saturated heterocycles. The van der Waals surface area contributed by atoms with Gasteiger partial charge in [0.25, 0.3) is 0 Å². The van der Waals surface area contributed by atoms with Crippen LogP contribution >= 0.6 is 0 Å². The van der Waals surface area contributed by atoms with E-state index in [9.17, 15) is 22.4 Å². The first-order valence-corrected chi connectivity index (χ1v) is 7.89. The van der Waals surface area contributed by atoms with Gasteiger partial charge in [-0.05, 0) is 43.3 Å². The fourth-order valence-electron chi connectivity index (χ4n) is 2.01. The summed E-state index contributed by atoms with van der Waals surface area (Å²) in [6.07, 6.45) is -6.16. The number of aliphatic hydroxyl groups excluding tert-OH is 1. The van der Waals surface area contributed by atoms with Crippen molar-refractivity contribution in [3.63, 3.8) is 0 Å². The number of benzene rings is 1. The number of ether oxygens (including phenoxy) is 1. The third kappa shape index (κ3) is 6.10. The Morgan fingerprint density at radius 2 is 1.85 bits per heavy atom. The molecule has 0 saturated carbocycles. The van der Waals surface area contributed by atoms with Crippen molar-refractivity contribution in [3.8, 4) is 11.5 Å². The lowest BCUT2D eigenvalue weighted by Crippen LogP contribution is -2.45. The Bertz CT molecular complexity index is 752. The molecular formula is C17H17F4N3O3. The largest absolute Gasteiger partial charge is 0.456 e. The van der Waals surface area contributed by atoms with Crippen LogP contribution in [0, 0.1) is 5.82 Å². The fourth-order valence-corrected chi connectivity index (χ4v) is 2.01. The van der Waals surface area contributed by atoms with E-state index in [1.54, 1.807) is 0 Å². The van der Waals surface area contributed by atoms with Crippen molar-refractivity contribution in [2.45, 2.75) is 19.2 Å². The molecule has 0 unspecified atom stereocenters. The second-order valence-electron chi connectivity index (χ2n) is 5.46. The second-order valence-corrected chi connectivity index (χ2v) is 5.46. The first kappa shape index (κ1) is 20.4. The van der Waals surface area contributed by atoms with Crippen molar-refractivity contribution in [2.75, 3.05) is 18.4 Å². The van der Waals surface area contributed by atoms with Crippen LogP contribution in [0.4, 0.5) is 28.2 Å². The SMILES string of the molecule is CCN(C[C@@H](O)C(F)(F)F)C(=O)Nc1ccc(Oc2ccc(F)cc2)cn1. The van der Waals surface area contributed by atoms with E-state index in [2.05, 4.69) is 10.3 Å². The molecule has 1 aromatic carbocycles. The number of aromatic nitrogens is 1. The van der Waals surface area contributed by atoms with Gasteiger partial charge in [0.15, 0.2) is 6.10 Å². The van der Waals surface area contributed by atoms with E-state index in [4.69, 9.17) is 9.84 Å². The van der Waals surface area contributed by atoms with Gasteiger partial charge < -0.3 is 14.7 Å². The molecule has 0 bridgehead atoms. The minimum absolute atomic E-state index is 0.0370. The molecule has 2 amide bonds. The molecule has 0 spiro atoms. The topological polar surface area (TPSA) is 74.7 Å². The predicted molar refractivity (Wildman–Crippen MR) is 89.0 cm³/mol. The molecule has 10 heteroatoms. The quantitative estimate of drug-likeness (QED) is 0.740. The van der Waals surface area contributed by atoms with Gasteiger partial charge in [-0.15, -0.1) is 0 Å². The van der Waals surface area contributed by atoms with Crippen molar-refractivity contribution in [1.29, 1.82) is 0 Å². The highest BCUT2D eigenvalue weighted by atomic mass is 19.4. The fraction of sp³-hybridized carbons (Fsp3) is 0.294. The van der Waals surface area contributed by atoms with Crippen LogP contribution < -0.4 is 10.1 Å². The summed E-state index contributed by atoms with van der Waals surface area (Å²) in [5, 5.41) is 11.4. The maximum absolute atomic E-state index is 12.8. The smallest absolute Gasteiger partial charge is 0.416 e. The van der Waals surface area contributed by atoms with E-state index in [1.807, 2.05) is 0 Å². The van der Waals surface area contributed by atoms with E-state index in [1.165, 1.54) is 49.5 Å². The van der Waals surface area contributed by atoms with Crippen LogP contribution in [0.25, 0.3) is 0 Å². The number of hydrogen-bond donors (Lipinski definition) is 2. The maximum Gasteiger partial charge on any atom is 0.416 e. The van der Waals surface area contributed by atoms with E-state index >= 15 is 0 Å². The van der Waals surface area contributed by atoms with Crippen LogP contribution in [0.15, 0.2) is 42.6 Å². The highest BCUT2D eigenvalue weighted by molar-refractivity contribution is 5.88. The molecular weight excluding hydrogens is 370 g/mol. The van der Waals surface area contributed by atoms with Crippen molar-refractivity contribution in [1.82, 2.24) is 9.88 Å². The Balaban J connectivity index is 1.96. The Morgan fingerprint density at radius 1 is 1.22 bits per heavy atom. The van der Waals surface area contributed by atoms with E-state index in [-0.39, 0.29) is 12.4 Å². The number of hydrogen-bond acceptors (Lipinski definition) is 4. The maximum atomic E-state index is 12.8. The van der Waals surface area contributed by atoms with Gasteiger partial charge in [-0.1, -0.05) is 0 Å². The molecule has 146 valence electrons. The summed E-state index contributed by atoms with van der Waals surface area (Å²) in [5.41, 5.74) is 0. The standard InChI is InChI=1S/C17H17F4N3O3/c1-2-24(10-14(25)17(19,20)21)16(26)23-15-8-7-13(9-22-15)27-12-5-3-11(18)4-6-12/h3-9,14,25H,2,10H2,1H3,(H,22,23,26)/t14-/m1/s1. The first-order chi connectivity index (χ1) is 12.7. The van der Waals surface area contributed by atoms with E-state index < -0.39 is 30.7 Å². The summed E-state index contributed by atoms with van der Waals surface area (Å²) < 4.78 is 55.6. The van der Waals surface area contributed by atoms with Crippen molar-refractivity contribution < 1.29 is 32.2 Å². The number of carbonyl (C=O) groups excluding carboxylic acids is 1. The molecule has 6 nitrogen and oxygen atoms in total. The molecule has 1 heterocycles. The lowest BCUT2D eigenvalue weighted by Gasteiger charge is -2.25. The van der Waals surface area contributed by atoms with Gasteiger partial charge in [0, 0.05) is 6.54 Å². The summed E-state index contributed by atoms with van der Waals surface area (Å²) in [4.78, 5) is 16.8. The van der Waals surface area contributed by atoms with Gasteiger partial charge in [0.05, 0.1) is 12.7 Å². The summed E-state index contributed by atoms with van der Waals surface area (Å²) >= 11 is 0. The summed E-state index contributed by atoms with van der Waals surface area (Å²) in [7, 11) is 0. The number of urea groups is 1. The molecule has 2 rings (SSSR count). The normalized spacial score (nSPS) is 12.4. The number of alkyl halides is 3. The minimum atomic E-state index is -4.81. The molecule has 0 fully saturated rings. The monoisotopic (exact) mass is 387 g/mol. The minimum Gasteiger partial charge on any atom is -0.456 e. The Morgan fingerprint density at radius 3 is 2.37 bits per heavy atom. The van der Waals surface area contributed by atoms with Crippen molar-refractivity contribution in [3.05, 3.63) is 48.4 Å². The second kappa shape index (κ2) is 8.67. The number of amides is 2. The number of nitrogens with one attached hydrogen (secondary N) is 1. The average Bonchev–Trinajstić information content (AvgIpc) is 2.62. The molecule has 0 radical (unpaired) electrons.